The van der Waals surface area contributed by atoms with Crippen LogP contribution in [0.3, 0.4) is 0 Å². The number of nitrogens with one attached hydrogen (secondary N) is 2. The lowest BCUT2D eigenvalue weighted by atomic mass is 10.3. The minimum Gasteiger partial charge on any atom is -0.372 e. The molecule has 2 rings (SSSR count). The molecule has 2 aromatic rings. The number of aromatic nitrogens is 3. The molecule has 2 aromatic heterocycles. The molecule has 7 nitrogen and oxygen atoms in total. The molecule has 0 spiro atoms. The Morgan fingerprint density at radius 3 is 2.75 bits per heavy atom. The summed E-state index contributed by atoms with van der Waals surface area (Å²) >= 11 is 0. The molecule has 8 heteroatoms. The predicted octanol–water partition coefficient (Wildman–Crippen LogP) is 0.644. The Morgan fingerprint density at radius 2 is 2.15 bits per heavy atom. The van der Waals surface area contributed by atoms with Gasteiger partial charge in [-0.05, 0) is 19.1 Å². The van der Waals surface area contributed by atoms with Crippen LogP contribution in [0.1, 0.15) is 11.3 Å². The summed E-state index contributed by atoms with van der Waals surface area (Å²) in [6, 6.07) is 3.10. The van der Waals surface area contributed by atoms with E-state index in [2.05, 4.69) is 20.1 Å². The smallest absolute Gasteiger partial charge is 0.244 e. The monoisotopic (exact) mass is 295 g/mol. The van der Waals surface area contributed by atoms with E-state index in [0.29, 0.717) is 5.82 Å². The van der Waals surface area contributed by atoms with Gasteiger partial charge in [0.15, 0.2) is 0 Å². The summed E-state index contributed by atoms with van der Waals surface area (Å²) in [6.07, 6.45) is 3.33. The number of aryl methyl sites for hydroxylation is 2. The molecule has 0 aliphatic heterocycles. The fourth-order valence-corrected chi connectivity index (χ4v) is 3.04. The van der Waals surface area contributed by atoms with Crippen molar-refractivity contribution in [3.05, 3.63) is 35.8 Å². The van der Waals surface area contributed by atoms with Gasteiger partial charge in [-0.2, -0.15) is 5.10 Å². The van der Waals surface area contributed by atoms with Crippen molar-refractivity contribution < 1.29 is 8.42 Å². The summed E-state index contributed by atoms with van der Waals surface area (Å²) in [5.74, 6) is 0.322. The predicted molar refractivity (Wildman–Crippen MR) is 75.8 cm³/mol. The third-order valence-corrected chi connectivity index (χ3v) is 4.30. The van der Waals surface area contributed by atoms with E-state index >= 15 is 0 Å². The quantitative estimate of drug-likeness (QED) is 0.845. The maximum atomic E-state index is 12.3. The van der Waals surface area contributed by atoms with E-state index in [4.69, 9.17) is 0 Å². The minimum absolute atomic E-state index is 0.129. The van der Waals surface area contributed by atoms with Gasteiger partial charge in [-0.3, -0.25) is 4.68 Å². The second-order valence-electron chi connectivity index (χ2n) is 4.34. The molecule has 108 valence electrons. The number of hydrogen-bond acceptors (Lipinski definition) is 5. The largest absolute Gasteiger partial charge is 0.372 e. The highest BCUT2D eigenvalue weighted by molar-refractivity contribution is 7.89. The van der Waals surface area contributed by atoms with Crippen molar-refractivity contribution in [3.8, 4) is 0 Å². The first-order valence-electron chi connectivity index (χ1n) is 6.05. The molecule has 0 atom stereocenters. The Hall–Kier alpha value is -1.93. The molecule has 0 aliphatic rings. The van der Waals surface area contributed by atoms with E-state index in [-0.39, 0.29) is 11.4 Å². The summed E-state index contributed by atoms with van der Waals surface area (Å²) in [5, 5.41) is 6.94. The molecule has 0 fully saturated rings. The molecular weight excluding hydrogens is 278 g/mol. The first-order valence-corrected chi connectivity index (χ1v) is 7.54. The molecule has 2 N–H and O–H groups in total. The lowest BCUT2D eigenvalue weighted by Gasteiger charge is -2.09. The fourth-order valence-electron chi connectivity index (χ4n) is 1.87. The van der Waals surface area contributed by atoms with Gasteiger partial charge in [-0.1, -0.05) is 0 Å². The SMILES string of the molecule is CNc1ncccc1S(=O)(=O)NCc1cn(C)nc1C. The van der Waals surface area contributed by atoms with Gasteiger partial charge in [0.05, 0.1) is 5.69 Å². The zero-order chi connectivity index (χ0) is 14.8. The number of hydrogen-bond donors (Lipinski definition) is 2. The van der Waals surface area contributed by atoms with Crippen LogP contribution in [-0.4, -0.2) is 30.2 Å². The lowest BCUT2D eigenvalue weighted by molar-refractivity contribution is 0.581. The van der Waals surface area contributed by atoms with Gasteiger partial charge in [0.25, 0.3) is 0 Å². The number of anilines is 1. The van der Waals surface area contributed by atoms with Crippen LogP contribution in [0.5, 0.6) is 0 Å². The van der Waals surface area contributed by atoms with Crippen LogP contribution in [0, 0.1) is 6.92 Å². The van der Waals surface area contributed by atoms with Crippen molar-refractivity contribution in [2.75, 3.05) is 12.4 Å². The van der Waals surface area contributed by atoms with E-state index in [9.17, 15) is 8.42 Å². The maximum absolute atomic E-state index is 12.3. The highest BCUT2D eigenvalue weighted by atomic mass is 32.2. The molecular formula is C12H17N5O2S. The maximum Gasteiger partial charge on any atom is 0.244 e. The second kappa shape index (κ2) is 5.59. The van der Waals surface area contributed by atoms with Crippen LogP contribution in [0.4, 0.5) is 5.82 Å². The number of nitrogens with zero attached hydrogens (tertiary/aromatic N) is 3. The average Bonchev–Trinajstić information content (AvgIpc) is 2.75. The van der Waals surface area contributed by atoms with Crippen molar-refractivity contribution in [1.29, 1.82) is 0 Å². The van der Waals surface area contributed by atoms with E-state index < -0.39 is 10.0 Å². The van der Waals surface area contributed by atoms with Crippen LogP contribution in [0.2, 0.25) is 0 Å². The van der Waals surface area contributed by atoms with Crippen LogP contribution in [-0.2, 0) is 23.6 Å². The molecule has 0 saturated heterocycles. The Balaban J connectivity index is 2.21. The zero-order valence-corrected chi connectivity index (χ0v) is 12.4. The van der Waals surface area contributed by atoms with Crippen LogP contribution < -0.4 is 10.0 Å². The molecule has 2 heterocycles. The molecule has 0 unspecified atom stereocenters. The molecule has 0 aliphatic carbocycles. The van der Waals surface area contributed by atoms with Crippen molar-refractivity contribution in [3.63, 3.8) is 0 Å². The van der Waals surface area contributed by atoms with Gasteiger partial charge in [0.2, 0.25) is 10.0 Å². The molecule has 0 radical (unpaired) electrons. The molecule has 0 amide bonds. The van der Waals surface area contributed by atoms with E-state index in [1.807, 2.05) is 6.92 Å². The Kier molecular flexibility index (Phi) is 4.05. The summed E-state index contributed by atoms with van der Waals surface area (Å²) < 4.78 is 28.8. The summed E-state index contributed by atoms with van der Waals surface area (Å²) in [4.78, 5) is 4.12. The standard InChI is InChI=1S/C12H17N5O2S/c1-9-10(8-17(3)16-9)7-15-20(18,19)11-5-4-6-14-12(11)13-2/h4-6,8,15H,7H2,1-3H3,(H,13,14). The topological polar surface area (TPSA) is 88.9 Å². The van der Waals surface area contributed by atoms with Gasteiger partial charge in [-0.25, -0.2) is 18.1 Å². The molecule has 20 heavy (non-hydrogen) atoms. The third-order valence-electron chi connectivity index (χ3n) is 2.86. The number of pyridine rings is 1. The molecule has 0 bridgehead atoms. The van der Waals surface area contributed by atoms with Gasteiger partial charge in [0.1, 0.15) is 10.7 Å². The number of rotatable bonds is 5. The van der Waals surface area contributed by atoms with Gasteiger partial charge >= 0.3 is 0 Å². The Morgan fingerprint density at radius 1 is 1.40 bits per heavy atom. The normalized spacial score (nSPS) is 11.6. The Labute approximate surface area is 118 Å². The van der Waals surface area contributed by atoms with Crippen molar-refractivity contribution in [1.82, 2.24) is 19.5 Å². The van der Waals surface area contributed by atoms with E-state index in [1.54, 1.807) is 31.0 Å². The van der Waals surface area contributed by atoms with Gasteiger partial charge < -0.3 is 5.32 Å². The lowest BCUT2D eigenvalue weighted by Crippen LogP contribution is -2.24. The van der Waals surface area contributed by atoms with E-state index in [0.717, 1.165) is 11.3 Å². The number of sulfonamides is 1. The first-order chi connectivity index (χ1) is 9.44. The minimum atomic E-state index is -3.62. The van der Waals surface area contributed by atoms with Gasteiger partial charge in [-0.15, -0.1) is 0 Å². The zero-order valence-electron chi connectivity index (χ0n) is 11.6. The van der Waals surface area contributed by atoms with Crippen LogP contribution in [0.15, 0.2) is 29.4 Å². The van der Waals surface area contributed by atoms with E-state index in [1.165, 1.54) is 12.3 Å². The highest BCUT2D eigenvalue weighted by Gasteiger charge is 2.19. The van der Waals surface area contributed by atoms with Crippen molar-refractivity contribution >= 4 is 15.8 Å². The van der Waals surface area contributed by atoms with Crippen LogP contribution in [0.25, 0.3) is 0 Å². The second-order valence-corrected chi connectivity index (χ2v) is 6.07. The average molecular weight is 295 g/mol. The molecule has 0 aromatic carbocycles. The first kappa shape index (κ1) is 14.5. The summed E-state index contributed by atoms with van der Waals surface area (Å²) in [5.41, 5.74) is 1.64. The third kappa shape index (κ3) is 2.97. The summed E-state index contributed by atoms with van der Waals surface area (Å²) in [6.45, 7) is 2.03. The van der Waals surface area contributed by atoms with Crippen LogP contribution >= 0.6 is 0 Å². The molecule has 0 saturated carbocycles. The van der Waals surface area contributed by atoms with Gasteiger partial charge in [0, 0.05) is 38.6 Å². The van der Waals surface area contributed by atoms with Crippen molar-refractivity contribution in [2.24, 2.45) is 7.05 Å². The highest BCUT2D eigenvalue weighted by Crippen LogP contribution is 2.17. The fraction of sp³-hybridized carbons (Fsp3) is 0.333. The van der Waals surface area contributed by atoms with Crippen molar-refractivity contribution in [2.45, 2.75) is 18.4 Å². The summed E-state index contributed by atoms with van der Waals surface area (Å²) in [7, 11) is -0.192. The Bertz CT molecular complexity index is 708.